The van der Waals surface area contributed by atoms with E-state index in [1.54, 1.807) is 43.0 Å². The second kappa shape index (κ2) is 10.6. The Hall–Kier alpha value is -4.13. The summed E-state index contributed by atoms with van der Waals surface area (Å²) in [4.78, 5) is 30.1. The molecule has 1 saturated heterocycles. The average Bonchev–Trinajstić information content (AvgIpc) is 3.39. The molecule has 1 aromatic carbocycles. The number of aromatic nitrogens is 6. The third-order valence-corrected chi connectivity index (χ3v) is 6.48. The Balaban J connectivity index is 1.37. The van der Waals surface area contributed by atoms with Gasteiger partial charge in [-0.2, -0.15) is 13.2 Å². The maximum Gasteiger partial charge on any atom is 0.451 e. The van der Waals surface area contributed by atoms with Crippen LogP contribution in [0.2, 0.25) is 5.02 Å². The summed E-state index contributed by atoms with van der Waals surface area (Å²) in [6, 6.07) is 7.98. The number of carbonyl (C=O) groups excluding carboxylic acids is 1. The molecule has 4 aromatic rings. The van der Waals surface area contributed by atoms with E-state index in [1.807, 2.05) is 0 Å². The van der Waals surface area contributed by atoms with Gasteiger partial charge in [0.1, 0.15) is 11.5 Å². The maximum absolute atomic E-state index is 13.1. The lowest BCUT2D eigenvalue weighted by atomic mass is 9.90. The molecule has 4 heterocycles. The second-order valence-electron chi connectivity index (χ2n) is 8.85. The Labute approximate surface area is 225 Å². The molecule has 14 heteroatoms. The number of alkyl halides is 3. The zero-order valence-electron chi connectivity index (χ0n) is 20.7. The molecule has 0 atom stereocenters. The summed E-state index contributed by atoms with van der Waals surface area (Å²) in [5, 5.41) is 8.31. The van der Waals surface area contributed by atoms with Gasteiger partial charge in [0.15, 0.2) is 5.75 Å². The van der Waals surface area contributed by atoms with E-state index >= 15 is 0 Å². The van der Waals surface area contributed by atoms with Crippen LogP contribution < -0.4 is 4.74 Å². The van der Waals surface area contributed by atoms with Crippen molar-refractivity contribution in [2.75, 3.05) is 13.1 Å². The fourth-order valence-electron chi connectivity index (χ4n) is 4.36. The summed E-state index contributed by atoms with van der Waals surface area (Å²) in [5.74, 6) is -0.691. The summed E-state index contributed by atoms with van der Waals surface area (Å²) < 4.78 is 50.4. The van der Waals surface area contributed by atoms with Gasteiger partial charge in [-0.05, 0) is 44.9 Å². The minimum Gasteiger partial charge on any atom is -0.414 e. The Morgan fingerprint density at radius 3 is 2.49 bits per heavy atom. The molecule has 0 radical (unpaired) electrons. The molecule has 0 saturated carbocycles. The fourth-order valence-corrected chi connectivity index (χ4v) is 4.54. The second-order valence-corrected chi connectivity index (χ2v) is 9.26. The number of aryl methyl sites for hydroxylation is 2. The maximum atomic E-state index is 13.1. The highest BCUT2D eigenvalue weighted by molar-refractivity contribution is 6.32. The summed E-state index contributed by atoms with van der Waals surface area (Å²) in [7, 11) is 0. The average molecular weight is 560 g/mol. The first kappa shape index (κ1) is 26.5. The molecule has 0 aliphatic carbocycles. The lowest BCUT2D eigenvalue weighted by molar-refractivity contribution is -0.144. The van der Waals surface area contributed by atoms with Crippen molar-refractivity contribution in [2.45, 2.75) is 38.8 Å². The van der Waals surface area contributed by atoms with Gasteiger partial charge in [-0.3, -0.25) is 0 Å². The molecular formula is C25H21ClF3N7O3. The molecule has 1 aliphatic heterocycles. The number of nitrogens with zero attached hydrogens (tertiary/aromatic N) is 7. The Morgan fingerprint density at radius 2 is 1.77 bits per heavy atom. The number of benzene rings is 1. The van der Waals surface area contributed by atoms with Crippen molar-refractivity contribution in [3.05, 3.63) is 64.6 Å². The van der Waals surface area contributed by atoms with Crippen LogP contribution in [0.25, 0.3) is 23.0 Å². The normalized spacial score (nSPS) is 14.5. The van der Waals surface area contributed by atoms with Crippen LogP contribution in [0.3, 0.4) is 0 Å². The lowest BCUT2D eigenvalue weighted by Crippen LogP contribution is -2.40. The van der Waals surface area contributed by atoms with Crippen molar-refractivity contribution in [3.63, 3.8) is 0 Å². The quantitative estimate of drug-likeness (QED) is 0.312. The molecule has 10 nitrogen and oxygen atoms in total. The molecule has 5 rings (SSSR count). The van der Waals surface area contributed by atoms with Crippen LogP contribution in [0.15, 0.2) is 40.9 Å². The van der Waals surface area contributed by atoms with Crippen molar-refractivity contribution in [1.82, 2.24) is 35.0 Å². The van der Waals surface area contributed by atoms with Gasteiger partial charge in [0.2, 0.25) is 5.82 Å². The SMILES string of the molecule is Cc1nc(C)c(-c2nnc(-c3ccnc(C(F)(F)F)n3)o2)c(C2CCN(C(=O)Oc3ccccc3Cl)CC2)n1. The van der Waals surface area contributed by atoms with Crippen LogP contribution in [0, 0.1) is 13.8 Å². The Bertz CT molecular complexity index is 1520. The molecule has 0 bridgehead atoms. The minimum atomic E-state index is -4.72. The van der Waals surface area contributed by atoms with Gasteiger partial charge in [0.05, 0.1) is 22.0 Å². The first-order valence-electron chi connectivity index (χ1n) is 11.9. The van der Waals surface area contributed by atoms with E-state index in [0.29, 0.717) is 53.7 Å². The highest BCUT2D eigenvalue weighted by atomic mass is 35.5. The number of hydrogen-bond acceptors (Lipinski definition) is 9. The number of halogens is 4. The van der Waals surface area contributed by atoms with Gasteiger partial charge >= 0.3 is 12.3 Å². The molecule has 0 spiro atoms. The van der Waals surface area contributed by atoms with Gasteiger partial charge in [-0.25, -0.2) is 24.7 Å². The fraction of sp³-hybridized carbons (Fsp3) is 0.320. The molecule has 1 fully saturated rings. The van der Waals surface area contributed by atoms with E-state index < -0.39 is 18.1 Å². The molecule has 1 amide bonds. The number of carbonyl (C=O) groups is 1. The monoisotopic (exact) mass is 559 g/mol. The zero-order valence-corrected chi connectivity index (χ0v) is 21.5. The predicted molar refractivity (Wildman–Crippen MR) is 132 cm³/mol. The summed E-state index contributed by atoms with van der Waals surface area (Å²) in [6.07, 6.45) is -3.10. The van der Waals surface area contributed by atoms with E-state index in [0.717, 1.165) is 6.20 Å². The highest BCUT2D eigenvalue weighted by Gasteiger charge is 2.35. The molecule has 202 valence electrons. The largest absolute Gasteiger partial charge is 0.451 e. The first-order chi connectivity index (χ1) is 18.6. The standard InChI is InChI=1S/C25H21ClF3N7O3/c1-13-19(22-35-34-21(39-22)17-7-10-30-23(33-17)25(27,28)29)20(32-14(2)31-13)15-8-11-36(12-9-15)24(37)38-18-6-4-3-5-16(18)26/h3-7,10,15H,8-9,11-12H2,1-2H3. The van der Waals surface area contributed by atoms with Crippen molar-refractivity contribution < 1.29 is 27.1 Å². The van der Waals surface area contributed by atoms with E-state index in [4.69, 9.17) is 20.8 Å². The van der Waals surface area contributed by atoms with Crippen LogP contribution in [-0.4, -0.2) is 54.2 Å². The number of piperidine rings is 1. The van der Waals surface area contributed by atoms with Gasteiger partial charge in [0, 0.05) is 25.2 Å². The smallest absolute Gasteiger partial charge is 0.414 e. The number of amides is 1. The molecule has 39 heavy (non-hydrogen) atoms. The predicted octanol–water partition coefficient (Wildman–Crippen LogP) is 5.65. The molecular weight excluding hydrogens is 539 g/mol. The van der Waals surface area contributed by atoms with Crippen molar-refractivity contribution in [3.8, 4) is 28.8 Å². The van der Waals surface area contributed by atoms with E-state index in [9.17, 15) is 18.0 Å². The number of ether oxygens (including phenoxy) is 1. The lowest BCUT2D eigenvalue weighted by Gasteiger charge is -2.31. The van der Waals surface area contributed by atoms with Gasteiger partial charge < -0.3 is 14.1 Å². The van der Waals surface area contributed by atoms with Crippen LogP contribution in [-0.2, 0) is 6.18 Å². The number of para-hydroxylation sites is 1. The van der Waals surface area contributed by atoms with Crippen molar-refractivity contribution in [2.24, 2.45) is 0 Å². The van der Waals surface area contributed by atoms with Crippen LogP contribution >= 0.6 is 11.6 Å². The van der Waals surface area contributed by atoms with E-state index in [1.165, 1.54) is 6.07 Å². The third kappa shape index (κ3) is 5.67. The molecule has 0 unspecified atom stereocenters. The molecule has 3 aromatic heterocycles. The Morgan fingerprint density at radius 1 is 1.05 bits per heavy atom. The molecule has 1 aliphatic rings. The summed E-state index contributed by atoms with van der Waals surface area (Å²) in [5.41, 5.74) is 1.58. The molecule has 0 N–H and O–H groups in total. The third-order valence-electron chi connectivity index (χ3n) is 6.17. The highest BCUT2D eigenvalue weighted by Crippen LogP contribution is 2.36. The summed E-state index contributed by atoms with van der Waals surface area (Å²) in [6.45, 7) is 4.34. The van der Waals surface area contributed by atoms with Gasteiger partial charge in [-0.1, -0.05) is 23.7 Å². The zero-order chi connectivity index (χ0) is 27.7. The van der Waals surface area contributed by atoms with Crippen LogP contribution in [0.1, 0.15) is 41.8 Å². The van der Waals surface area contributed by atoms with Gasteiger partial charge in [-0.15, -0.1) is 10.2 Å². The number of rotatable bonds is 4. The van der Waals surface area contributed by atoms with Crippen LogP contribution in [0.5, 0.6) is 5.75 Å². The van der Waals surface area contributed by atoms with Crippen molar-refractivity contribution in [1.29, 1.82) is 0 Å². The Kier molecular flexibility index (Phi) is 7.17. The first-order valence-corrected chi connectivity index (χ1v) is 12.3. The van der Waals surface area contributed by atoms with E-state index in [-0.39, 0.29) is 29.1 Å². The van der Waals surface area contributed by atoms with E-state index in [2.05, 4.69) is 30.1 Å². The summed E-state index contributed by atoms with van der Waals surface area (Å²) >= 11 is 6.10. The topological polar surface area (TPSA) is 120 Å². The van der Waals surface area contributed by atoms with Crippen molar-refractivity contribution >= 4 is 17.7 Å². The number of hydrogen-bond donors (Lipinski definition) is 0. The minimum absolute atomic E-state index is 0.0604. The van der Waals surface area contributed by atoms with Crippen LogP contribution in [0.4, 0.5) is 18.0 Å². The van der Waals surface area contributed by atoms with Gasteiger partial charge in [0.25, 0.3) is 11.8 Å². The number of likely N-dealkylation sites (tertiary alicyclic amines) is 1.